The zero-order chi connectivity index (χ0) is 17.4. The van der Waals surface area contributed by atoms with E-state index in [0.29, 0.717) is 11.1 Å². The fourth-order valence-corrected chi connectivity index (χ4v) is 2.94. The van der Waals surface area contributed by atoms with Gasteiger partial charge in [0.15, 0.2) is 12.4 Å². The summed E-state index contributed by atoms with van der Waals surface area (Å²) in [5.74, 6) is -0.954. The Bertz CT molecular complexity index is 1020. The van der Waals surface area contributed by atoms with Gasteiger partial charge in [-0.2, -0.15) is 0 Å². The maximum absolute atomic E-state index is 12.3. The van der Waals surface area contributed by atoms with Crippen LogP contribution in [0.4, 0.5) is 5.69 Å². The smallest absolute Gasteiger partial charge is 0.340 e. The van der Waals surface area contributed by atoms with Crippen LogP contribution in [0.5, 0.6) is 0 Å². The minimum atomic E-state index is -0.552. The number of aromatic amines is 1. The van der Waals surface area contributed by atoms with E-state index in [1.807, 2.05) is 24.3 Å². The number of amides is 1. The number of ketones is 1. The molecule has 2 heterocycles. The summed E-state index contributed by atoms with van der Waals surface area (Å²) in [5, 5.41) is 3.46. The predicted molar refractivity (Wildman–Crippen MR) is 91.7 cm³/mol. The van der Waals surface area contributed by atoms with E-state index in [4.69, 9.17) is 4.74 Å². The van der Waals surface area contributed by atoms with Crippen molar-refractivity contribution in [3.8, 4) is 0 Å². The van der Waals surface area contributed by atoms with E-state index in [-0.39, 0.29) is 24.7 Å². The van der Waals surface area contributed by atoms with Crippen LogP contribution in [0.1, 0.15) is 26.3 Å². The van der Waals surface area contributed by atoms with E-state index < -0.39 is 5.97 Å². The van der Waals surface area contributed by atoms with Crippen molar-refractivity contribution in [1.29, 1.82) is 0 Å². The molecular weight excluding hydrogens is 320 g/mol. The molecule has 0 radical (unpaired) electrons. The largest absolute Gasteiger partial charge is 0.454 e. The summed E-state index contributed by atoms with van der Waals surface area (Å²) in [7, 11) is 0. The summed E-state index contributed by atoms with van der Waals surface area (Å²) < 4.78 is 5.16. The summed E-state index contributed by atoms with van der Waals surface area (Å²) in [6, 6.07) is 12.3. The second kappa shape index (κ2) is 5.90. The van der Waals surface area contributed by atoms with Crippen LogP contribution in [0.2, 0.25) is 0 Å². The molecule has 0 bridgehead atoms. The molecule has 2 aromatic carbocycles. The molecule has 1 aliphatic rings. The van der Waals surface area contributed by atoms with Crippen LogP contribution in [0.15, 0.2) is 48.7 Å². The van der Waals surface area contributed by atoms with Crippen molar-refractivity contribution >= 4 is 34.3 Å². The number of Topliss-reactive ketones (excluding diaryl/α,β-unsaturated/α-hetero) is 1. The SMILES string of the molecule is O=C1Cc2cc(C(=O)COC(=O)c3c[nH]c4ccccc34)ccc2N1. The van der Waals surface area contributed by atoms with E-state index in [2.05, 4.69) is 10.3 Å². The summed E-state index contributed by atoms with van der Waals surface area (Å²) in [6.07, 6.45) is 1.83. The van der Waals surface area contributed by atoms with Crippen molar-refractivity contribution in [1.82, 2.24) is 4.98 Å². The van der Waals surface area contributed by atoms with Gasteiger partial charge < -0.3 is 15.0 Å². The second-order valence-electron chi connectivity index (χ2n) is 5.84. The average molecular weight is 334 g/mol. The molecule has 3 aromatic rings. The van der Waals surface area contributed by atoms with Crippen LogP contribution < -0.4 is 5.32 Å². The topological polar surface area (TPSA) is 88.3 Å². The maximum Gasteiger partial charge on any atom is 0.340 e. The first-order chi connectivity index (χ1) is 12.1. The van der Waals surface area contributed by atoms with E-state index in [9.17, 15) is 14.4 Å². The standard InChI is InChI=1S/C19H14N2O4/c22-17(11-5-6-15-12(7-11)8-18(23)21-15)10-25-19(24)14-9-20-16-4-2-1-3-13(14)16/h1-7,9,20H,8,10H2,(H,21,23). The number of esters is 1. The number of benzene rings is 2. The number of ether oxygens (including phenoxy) is 1. The number of nitrogens with one attached hydrogen (secondary N) is 2. The first-order valence-corrected chi connectivity index (χ1v) is 7.81. The molecule has 0 aliphatic carbocycles. The summed E-state index contributed by atoms with van der Waals surface area (Å²) in [5.41, 5.74) is 3.14. The number of carbonyl (C=O) groups is 3. The Balaban J connectivity index is 1.46. The Morgan fingerprint density at radius 2 is 1.96 bits per heavy atom. The van der Waals surface area contributed by atoms with Gasteiger partial charge in [-0.15, -0.1) is 0 Å². The molecule has 4 rings (SSSR count). The molecule has 0 spiro atoms. The van der Waals surface area contributed by atoms with E-state index in [0.717, 1.165) is 22.2 Å². The third-order valence-electron chi connectivity index (χ3n) is 4.20. The van der Waals surface area contributed by atoms with Crippen LogP contribution in [0, 0.1) is 0 Å². The Morgan fingerprint density at radius 3 is 2.84 bits per heavy atom. The molecule has 0 atom stereocenters. The van der Waals surface area contributed by atoms with Gasteiger partial charge >= 0.3 is 5.97 Å². The molecule has 2 N–H and O–H groups in total. The lowest BCUT2D eigenvalue weighted by molar-refractivity contribution is -0.115. The fraction of sp³-hybridized carbons (Fsp3) is 0.105. The Kier molecular flexibility index (Phi) is 3.57. The first-order valence-electron chi connectivity index (χ1n) is 7.81. The summed E-state index contributed by atoms with van der Waals surface area (Å²) >= 11 is 0. The van der Waals surface area contributed by atoms with Gasteiger partial charge in [0.25, 0.3) is 0 Å². The molecule has 1 amide bonds. The molecule has 6 nitrogen and oxygen atoms in total. The van der Waals surface area contributed by atoms with Crippen LogP contribution in [-0.4, -0.2) is 29.3 Å². The van der Waals surface area contributed by atoms with Gasteiger partial charge in [-0.05, 0) is 29.8 Å². The molecule has 1 aliphatic heterocycles. The van der Waals surface area contributed by atoms with Crippen molar-refractivity contribution in [2.45, 2.75) is 6.42 Å². The van der Waals surface area contributed by atoms with Gasteiger partial charge in [0.2, 0.25) is 5.91 Å². The van der Waals surface area contributed by atoms with Crippen LogP contribution in [-0.2, 0) is 16.0 Å². The van der Waals surface area contributed by atoms with Crippen molar-refractivity contribution < 1.29 is 19.1 Å². The number of fused-ring (bicyclic) bond motifs is 2. The quantitative estimate of drug-likeness (QED) is 0.567. The highest BCUT2D eigenvalue weighted by Crippen LogP contribution is 2.24. The number of H-pyrrole nitrogens is 1. The van der Waals surface area contributed by atoms with E-state index in [1.54, 1.807) is 24.4 Å². The Labute approximate surface area is 142 Å². The number of rotatable bonds is 4. The van der Waals surface area contributed by atoms with Gasteiger partial charge in [0.05, 0.1) is 12.0 Å². The Morgan fingerprint density at radius 1 is 1.12 bits per heavy atom. The molecule has 0 saturated heterocycles. The number of hydrogen-bond acceptors (Lipinski definition) is 4. The van der Waals surface area contributed by atoms with Crippen LogP contribution in [0.3, 0.4) is 0 Å². The van der Waals surface area contributed by atoms with Crippen LogP contribution in [0.25, 0.3) is 10.9 Å². The maximum atomic E-state index is 12.3. The fourth-order valence-electron chi connectivity index (χ4n) is 2.94. The predicted octanol–water partition coefficient (Wildman–Crippen LogP) is 2.70. The Hall–Kier alpha value is -3.41. The zero-order valence-corrected chi connectivity index (χ0v) is 13.2. The lowest BCUT2D eigenvalue weighted by Gasteiger charge is -2.05. The molecule has 6 heteroatoms. The highest BCUT2D eigenvalue weighted by Gasteiger charge is 2.20. The number of hydrogen-bond donors (Lipinski definition) is 2. The van der Waals surface area contributed by atoms with Gasteiger partial charge in [-0.25, -0.2) is 4.79 Å². The van der Waals surface area contributed by atoms with E-state index >= 15 is 0 Å². The van der Waals surface area contributed by atoms with Gasteiger partial charge in [0, 0.05) is 28.4 Å². The van der Waals surface area contributed by atoms with Crippen molar-refractivity contribution in [3.63, 3.8) is 0 Å². The zero-order valence-electron chi connectivity index (χ0n) is 13.2. The monoisotopic (exact) mass is 334 g/mol. The third-order valence-corrected chi connectivity index (χ3v) is 4.20. The van der Waals surface area contributed by atoms with Crippen molar-refractivity contribution in [2.24, 2.45) is 0 Å². The molecule has 0 fully saturated rings. The van der Waals surface area contributed by atoms with Gasteiger partial charge in [-0.1, -0.05) is 18.2 Å². The van der Waals surface area contributed by atoms with Crippen LogP contribution >= 0.6 is 0 Å². The lowest BCUT2D eigenvalue weighted by atomic mass is 10.1. The van der Waals surface area contributed by atoms with Crippen molar-refractivity contribution in [3.05, 3.63) is 65.4 Å². The van der Waals surface area contributed by atoms with E-state index in [1.165, 1.54) is 0 Å². The molecule has 124 valence electrons. The molecular formula is C19H14N2O4. The molecule has 0 unspecified atom stereocenters. The second-order valence-corrected chi connectivity index (χ2v) is 5.84. The number of anilines is 1. The highest BCUT2D eigenvalue weighted by atomic mass is 16.5. The van der Waals surface area contributed by atoms with Gasteiger partial charge in [-0.3, -0.25) is 9.59 Å². The average Bonchev–Trinajstić information content (AvgIpc) is 3.21. The van der Waals surface area contributed by atoms with Crippen molar-refractivity contribution in [2.75, 3.05) is 11.9 Å². The summed E-state index contributed by atoms with van der Waals surface area (Å²) in [6.45, 7) is -0.349. The minimum absolute atomic E-state index is 0.0923. The minimum Gasteiger partial charge on any atom is -0.454 e. The highest BCUT2D eigenvalue weighted by molar-refractivity contribution is 6.06. The lowest BCUT2D eigenvalue weighted by Crippen LogP contribution is -2.14. The first kappa shape index (κ1) is 15.1. The summed E-state index contributed by atoms with van der Waals surface area (Å²) in [4.78, 5) is 38.9. The molecule has 25 heavy (non-hydrogen) atoms. The number of aromatic nitrogens is 1. The number of carbonyl (C=O) groups excluding carboxylic acids is 3. The normalized spacial score (nSPS) is 12.7. The molecule has 0 saturated carbocycles. The van der Waals surface area contributed by atoms with Gasteiger partial charge in [0.1, 0.15) is 0 Å². The number of para-hydroxylation sites is 1. The molecule has 1 aromatic heterocycles. The third kappa shape index (κ3) is 2.78.